The monoisotopic (exact) mass is 276 g/mol. The lowest BCUT2D eigenvalue weighted by Crippen LogP contribution is -2.14. The van der Waals surface area contributed by atoms with E-state index in [1.165, 1.54) is 5.69 Å². The van der Waals surface area contributed by atoms with Crippen LogP contribution in [0.3, 0.4) is 0 Å². The first-order valence-electron chi connectivity index (χ1n) is 6.97. The largest absolute Gasteiger partial charge is 0.340 e. The Bertz CT molecular complexity index is 860. The standard InChI is InChI=1S/C17H16N4/c1-20-14-9-5-3-7-12(14)18-16(20)11-17-19-13-8-4-6-10-15(13)21(17)2/h3-11,18H,1-2H3/b16-11+. The number of para-hydroxylation sites is 4. The fraction of sp³-hybridized carbons (Fsp3) is 0.118. The minimum atomic E-state index is 0.943. The summed E-state index contributed by atoms with van der Waals surface area (Å²) in [6.07, 6.45) is 2.08. The molecule has 21 heavy (non-hydrogen) atoms. The topological polar surface area (TPSA) is 33.1 Å². The van der Waals surface area contributed by atoms with Gasteiger partial charge >= 0.3 is 0 Å². The smallest absolute Gasteiger partial charge is 0.137 e. The van der Waals surface area contributed by atoms with Crippen LogP contribution >= 0.6 is 0 Å². The van der Waals surface area contributed by atoms with Gasteiger partial charge in [0, 0.05) is 20.2 Å². The van der Waals surface area contributed by atoms with E-state index in [9.17, 15) is 0 Å². The highest BCUT2D eigenvalue weighted by molar-refractivity contribution is 5.84. The van der Waals surface area contributed by atoms with Gasteiger partial charge in [-0.15, -0.1) is 0 Å². The van der Waals surface area contributed by atoms with Gasteiger partial charge in [0.2, 0.25) is 0 Å². The zero-order valence-electron chi connectivity index (χ0n) is 12.0. The quantitative estimate of drug-likeness (QED) is 0.739. The summed E-state index contributed by atoms with van der Waals surface area (Å²) in [6.45, 7) is 0. The van der Waals surface area contributed by atoms with Crippen LogP contribution in [0, 0.1) is 0 Å². The van der Waals surface area contributed by atoms with Gasteiger partial charge in [-0.2, -0.15) is 0 Å². The van der Waals surface area contributed by atoms with Gasteiger partial charge in [0.25, 0.3) is 0 Å². The second kappa shape index (κ2) is 4.38. The Morgan fingerprint density at radius 2 is 1.76 bits per heavy atom. The van der Waals surface area contributed by atoms with Gasteiger partial charge in [-0.05, 0) is 24.3 Å². The van der Waals surface area contributed by atoms with Gasteiger partial charge in [0.15, 0.2) is 0 Å². The van der Waals surface area contributed by atoms with Crippen LogP contribution in [0.1, 0.15) is 5.82 Å². The van der Waals surface area contributed by atoms with E-state index in [-0.39, 0.29) is 0 Å². The molecule has 2 aromatic carbocycles. The Labute approximate surface area is 123 Å². The maximum atomic E-state index is 4.69. The summed E-state index contributed by atoms with van der Waals surface area (Å²) in [7, 11) is 4.11. The molecule has 4 rings (SSSR count). The fourth-order valence-electron chi connectivity index (χ4n) is 2.77. The molecule has 0 radical (unpaired) electrons. The molecule has 0 amide bonds. The van der Waals surface area contributed by atoms with E-state index in [1.54, 1.807) is 0 Å². The molecule has 1 aliphatic rings. The molecule has 104 valence electrons. The molecule has 0 unspecified atom stereocenters. The molecule has 1 aromatic heterocycles. The van der Waals surface area contributed by atoms with Crippen molar-refractivity contribution in [3.63, 3.8) is 0 Å². The van der Waals surface area contributed by atoms with Crippen LogP contribution in [0.4, 0.5) is 11.4 Å². The molecule has 0 saturated heterocycles. The van der Waals surface area contributed by atoms with E-state index in [1.807, 2.05) is 31.3 Å². The molecule has 1 N–H and O–H groups in total. The predicted molar refractivity (Wildman–Crippen MR) is 87.2 cm³/mol. The second-order valence-electron chi connectivity index (χ2n) is 5.25. The van der Waals surface area contributed by atoms with Gasteiger partial charge in [0.1, 0.15) is 11.6 Å². The maximum absolute atomic E-state index is 4.69. The zero-order valence-corrected chi connectivity index (χ0v) is 12.0. The minimum Gasteiger partial charge on any atom is -0.340 e. The summed E-state index contributed by atoms with van der Waals surface area (Å²) < 4.78 is 2.11. The lowest BCUT2D eigenvalue weighted by atomic mass is 10.3. The molecule has 0 saturated carbocycles. The average molecular weight is 276 g/mol. The number of imidazole rings is 1. The highest BCUT2D eigenvalue weighted by Gasteiger charge is 2.20. The van der Waals surface area contributed by atoms with Crippen molar-refractivity contribution < 1.29 is 0 Å². The maximum Gasteiger partial charge on any atom is 0.137 e. The van der Waals surface area contributed by atoms with Gasteiger partial charge < -0.3 is 14.8 Å². The van der Waals surface area contributed by atoms with E-state index in [2.05, 4.69) is 52.2 Å². The molecule has 3 aromatic rings. The van der Waals surface area contributed by atoms with Crippen LogP contribution in [-0.4, -0.2) is 16.6 Å². The number of benzene rings is 2. The van der Waals surface area contributed by atoms with Gasteiger partial charge in [-0.1, -0.05) is 24.3 Å². The Kier molecular flexibility index (Phi) is 2.51. The Balaban J connectivity index is 1.80. The SMILES string of the molecule is CN1/C(=C/c2nc3ccccc3n2C)Nc2ccccc21. The van der Waals surface area contributed by atoms with Crippen LogP contribution < -0.4 is 10.2 Å². The number of aromatic nitrogens is 2. The molecular weight excluding hydrogens is 260 g/mol. The second-order valence-corrected chi connectivity index (χ2v) is 5.25. The molecular formula is C17H16N4. The summed E-state index contributed by atoms with van der Waals surface area (Å²) in [6, 6.07) is 16.5. The minimum absolute atomic E-state index is 0.943. The van der Waals surface area contributed by atoms with Crippen molar-refractivity contribution >= 4 is 28.5 Å². The number of hydrogen-bond acceptors (Lipinski definition) is 3. The van der Waals surface area contributed by atoms with Crippen molar-refractivity contribution in [2.75, 3.05) is 17.3 Å². The Morgan fingerprint density at radius 3 is 2.57 bits per heavy atom. The van der Waals surface area contributed by atoms with E-state index in [4.69, 9.17) is 4.98 Å². The average Bonchev–Trinajstić information content (AvgIpc) is 2.99. The molecule has 4 heteroatoms. The van der Waals surface area contributed by atoms with Crippen LogP contribution in [0.25, 0.3) is 17.1 Å². The lowest BCUT2D eigenvalue weighted by Gasteiger charge is -2.12. The summed E-state index contributed by atoms with van der Waals surface area (Å²) in [4.78, 5) is 6.84. The third kappa shape index (κ3) is 1.80. The molecule has 1 aliphatic heterocycles. The van der Waals surface area contributed by atoms with Gasteiger partial charge in [-0.25, -0.2) is 4.98 Å². The Hall–Kier alpha value is -2.75. The van der Waals surface area contributed by atoms with Crippen LogP contribution in [0.5, 0.6) is 0 Å². The normalized spacial score (nSPS) is 15.5. The highest BCUT2D eigenvalue weighted by atomic mass is 15.3. The molecule has 4 nitrogen and oxygen atoms in total. The number of hydrogen-bond donors (Lipinski definition) is 1. The molecule has 0 bridgehead atoms. The molecule has 2 heterocycles. The summed E-state index contributed by atoms with van der Waals surface area (Å²) >= 11 is 0. The van der Waals surface area contributed by atoms with Crippen molar-refractivity contribution in [2.45, 2.75) is 0 Å². The van der Waals surface area contributed by atoms with Crippen molar-refractivity contribution in [3.05, 3.63) is 60.2 Å². The summed E-state index contributed by atoms with van der Waals surface area (Å²) in [5.74, 6) is 1.98. The third-order valence-corrected chi connectivity index (χ3v) is 3.98. The first-order valence-corrected chi connectivity index (χ1v) is 6.97. The van der Waals surface area contributed by atoms with Gasteiger partial charge in [0.05, 0.1) is 22.4 Å². The van der Waals surface area contributed by atoms with Crippen molar-refractivity contribution in [3.8, 4) is 0 Å². The van der Waals surface area contributed by atoms with Crippen molar-refractivity contribution in [2.24, 2.45) is 7.05 Å². The van der Waals surface area contributed by atoms with Crippen LogP contribution in [0.2, 0.25) is 0 Å². The first kappa shape index (κ1) is 12.0. The van der Waals surface area contributed by atoms with Gasteiger partial charge in [-0.3, -0.25) is 0 Å². The van der Waals surface area contributed by atoms with Crippen molar-refractivity contribution in [1.82, 2.24) is 9.55 Å². The summed E-state index contributed by atoms with van der Waals surface area (Å²) in [5.41, 5.74) is 4.47. The van der Waals surface area contributed by atoms with Crippen LogP contribution in [-0.2, 0) is 7.05 Å². The van der Waals surface area contributed by atoms with Crippen molar-refractivity contribution in [1.29, 1.82) is 0 Å². The molecule has 0 spiro atoms. The fourth-order valence-corrected chi connectivity index (χ4v) is 2.77. The van der Waals surface area contributed by atoms with E-state index in [0.29, 0.717) is 0 Å². The number of anilines is 2. The Morgan fingerprint density at radius 1 is 1.00 bits per heavy atom. The lowest BCUT2D eigenvalue weighted by molar-refractivity contribution is 0.927. The van der Waals surface area contributed by atoms with E-state index < -0.39 is 0 Å². The zero-order chi connectivity index (χ0) is 14.4. The van der Waals surface area contributed by atoms with Crippen LogP contribution in [0.15, 0.2) is 54.4 Å². The number of nitrogens with one attached hydrogen (secondary N) is 1. The predicted octanol–water partition coefficient (Wildman–Crippen LogP) is 3.43. The first-order chi connectivity index (χ1) is 10.2. The number of rotatable bonds is 1. The molecule has 0 atom stereocenters. The number of nitrogens with zero attached hydrogens (tertiary/aromatic N) is 3. The highest BCUT2D eigenvalue weighted by Crippen LogP contribution is 2.35. The number of fused-ring (bicyclic) bond motifs is 2. The number of aryl methyl sites for hydroxylation is 1. The van der Waals surface area contributed by atoms with E-state index >= 15 is 0 Å². The summed E-state index contributed by atoms with van der Waals surface area (Å²) in [5, 5.41) is 3.44. The third-order valence-electron chi connectivity index (χ3n) is 3.98. The van der Waals surface area contributed by atoms with E-state index in [0.717, 1.165) is 28.4 Å². The molecule has 0 fully saturated rings. The molecule has 0 aliphatic carbocycles.